The van der Waals surface area contributed by atoms with Crippen LogP contribution < -0.4 is 10.9 Å². The van der Waals surface area contributed by atoms with Gasteiger partial charge in [0.15, 0.2) is 0 Å². The zero-order chi connectivity index (χ0) is 17.5. The molecule has 0 aliphatic carbocycles. The molecule has 5 rings (SSSR count). The number of fused-ring (bicyclic) bond motifs is 4. The monoisotopic (exact) mass is 346 g/mol. The number of aromatic nitrogens is 3. The molecular weight excluding hydrogens is 324 g/mol. The molecule has 1 N–H and O–H groups in total. The van der Waals surface area contributed by atoms with E-state index in [-0.39, 0.29) is 5.56 Å². The minimum Gasteiger partial charge on any atom is -0.333 e. The van der Waals surface area contributed by atoms with Crippen molar-refractivity contribution in [2.24, 2.45) is 5.92 Å². The van der Waals surface area contributed by atoms with Crippen molar-refractivity contribution in [3.05, 3.63) is 76.7 Å². The Morgan fingerprint density at radius 1 is 1.12 bits per heavy atom. The summed E-state index contributed by atoms with van der Waals surface area (Å²) in [6.45, 7) is 3.66. The molecule has 1 saturated heterocycles. The molecule has 2 bridgehead atoms. The largest absolute Gasteiger partial charge is 0.333 e. The minimum absolute atomic E-state index is 0.136. The average Bonchev–Trinajstić information content (AvgIpc) is 3.16. The van der Waals surface area contributed by atoms with Crippen LogP contribution >= 0.6 is 0 Å². The van der Waals surface area contributed by atoms with Crippen molar-refractivity contribution in [3.63, 3.8) is 0 Å². The molecule has 0 saturated carbocycles. The van der Waals surface area contributed by atoms with Gasteiger partial charge in [-0.2, -0.15) is 0 Å². The molecule has 2 atom stereocenters. The maximum atomic E-state index is 12.7. The lowest BCUT2D eigenvalue weighted by Crippen LogP contribution is -2.44. The van der Waals surface area contributed by atoms with Crippen LogP contribution in [0.3, 0.4) is 0 Å². The van der Waals surface area contributed by atoms with Gasteiger partial charge < -0.3 is 14.5 Å². The molecule has 5 heteroatoms. The first-order valence-corrected chi connectivity index (χ1v) is 9.27. The molecule has 26 heavy (non-hydrogen) atoms. The van der Waals surface area contributed by atoms with Gasteiger partial charge >= 0.3 is 0 Å². The van der Waals surface area contributed by atoms with Crippen molar-refractivity contribution in [1.82, 2.24) is 19.4 Å². The van der Waals surface area contributed by atoms with Gasteiger partial charge in [0.1, 0.15) is 0 Å². The van der Waals surface area contributed by atoms with Crippen LogP contribution in [0.2, 0.25) is 0 Å². The third-order valence-electron chi connectivity index (χ3n) is 5.67. The predicted molar refractivity (Wildman–Crippen MR) is 101 cm³/mol. The topological polar surface area (TPSA) is 51.9 Å². The van der Waals surface area contributed by atoms with Crippen LogP contribution in [-0.2, 0) is 13.1 Å². The highest BCUT2D eigenvalue weighted by molar-refractivity contribution is 5.64. The number of nitrogens with zero attached hydrogens (tertiary/aromatic N) is 3. The smallest absolute Gasteiger partial charge is 0.251 e. The molecule has 2 aliphatic heterocycles. The fraction of sp³-hybridized carbons (Fsp3) is 0.333. The van der Waals surface area contributed by atoms with Crippen molar-refractivity contribution < 1.29 is 0 Å². The van der Waals surface area contributed by atoms with Crippen molar-refractivity contribution >= 4 is 0 Å². The average molecular weight is 346 g/mol. The third kappa shape index (κ3) is 2.78. The third-order valence-corrected chi connectivity index (χ3v) is 5.67. The van der Waals surface area contributed by atoms with Gasteiger partial charge in [0.25, 0.3) is 5.56 Å². The normalized spacial score (nSPS) is 21.4. The van der Waals surface area contributed by atoms with Crippen LogP contribution in [0.4, 0.5) is 0 Å². The molecule has 5 nitrogen and oxygen atoms in total. The number of nitrogens with one attached hydrogen (secondary N) is 1. The highest BCUT2D eigenvalue weighted by Gasteiger charge is 2.31. The summed E-state index contributed by atoms with van der Waals surface area (Å²) in [5.41, 5.74) is 4.68. The lowest BCUT2D eigenvalue weighted by atomic mass is 9.83. The van der Waals surface area contributed by atoms with Crippen molar-refractivity contribution in [2.45, 2.75) is 25.4 Å². The van der Waals surface area contributed by atoms with Gasteiger partial charge in [0.05, 0.1) is 6.33 Å². The van der Waals surface area contributed by atoms with Gasteiger partial charge in [0.2, 0.25) is 0 Å². The van der Waals surface area contributed by atoms with Crippen molar-refractivity contribution in [2.75, 3.05) is 13.1 Å². The van der Waals surface area contributed by atoms with E-state index in [4.69, 9.17) is 0 Å². The standard InChI is InChI=1S/C21H22N4O/c26-21-9-18(8-20-19-7-16(10-23-11-19)13-25(20)21)17-3-1-15(2-4-17)12-24-6-5-22-14-24/h1-6,8-9,14,16,19,23H,7,10-13H2/t16-,19+/m0/s1. The van der Waals surface area contributed by atoms with Crippen LogP contribution in [0, 0.1) is 5.92 Å². The zero-order valence-corrected chi connectivity index (χ0v) is 14.6. The highest BCUT2D eigenvalue weighted by atomic mass is 16.1. The van der Waals surface area contributed by atoms with Gasteiger partial charge in [-0.05, 0) is 41.6 Å². The summed E-state index contributed by atoms with van der Waals surface area (Å²) in [6.07, 6.45) is 6.77. The lowest BCUT2D eigenvalue weighted by molar-refractivity contribution is 0.257. The van der Waals surface area contributed by atoms with E-state index in [0.29, 0.717) is 11.8 Å². The van der Waals surface area contributed by atoms with Crippen LogP contribution in [-0.4, -0.2) is 27.2 Å². The van der Waals surface area contributed by atoms with E-state index in [2.05, 4.69) is 40.6 Å². The highest BCUT2D eigenvalue weighted by Crippen LogP contribution is 2.33. The van der Waals surface area contributed by atoms with E-state index >= 15 is 0 Å². The van der Waals surface area contributed by atoms with Crippen LogP contribution in [0.25, 0.3) is 11.1 Å². The molecule has 3 aromatic rings. The quantitative estimate of drug-likeness (QED) is 0.793. The molecule has 0 spiro atoms. The molecule has 0 unspecified atom stereocenters. The summed E-state index contributed by atoms with van der Waals surface area (Å²) in [5, 5.41) is 3.51. The molecule has 2 aliphatic rings. The molecule has 0 radical (unpaired) electrons. The fourth-order valence-electron chi connectivity index (χ4n) is 4.36. The Hall–Kier alpha value is -2.66. The van der Waals surface area contributed by atoms with Gasteiger partial charge in [-0.15, -0.1) is 0 Å². The second-order valence-electron chi connectivity index (χ2n) is 7.51. The molecular formula is C21H22N4O. The first-order chi connectivity index (χ1) is 12.8. The minimum atomic E-state index is 0.136. The summed E-state index contributed by atoms with van der Waals surface area (Å²) in [5.74, 6) is 1.04. The maximum absolute atomic E-state index is 12.7. The Morgan fingerprint density at radius 3 is 2.81 bits per heavy atom. The summed E-state index contributed by atoms with van der Waals surface area (Å²) in [7, 11) is 0. The van der Waals surface area contributed by atoms with E-state index < -0.39 is 0 Å². The molecule has 0 amide bonds. The Kier molecular flexibility index (Phi) is 3.75. The molecule has 4 heterocycles. The number of hydrogen-bond acceptors (Lipinski definition) is 3. The van der Waals surface area contributed by atoms with E-state index in [0.717, 1.165) is 37.3 Å². The number of hydrogen-bond donors (Lipinski definition) is 1. The molecule has 1 fully saturated rings. The second-order valence-corrected chi connectivity index (χ2v) is 7.51. The van der Waals surface area contributed by atoms with Gasteiger partial charge in [-0.1, -0.05) is 24.3 Å². The zero-order valence-electron chi connectivity index (χ0n) is 14.6. The number of pyridine rings is 1. The summed E-state index contributed by atoms with van der Waals surface area (Å²) < 4.78 is 4.05. The molecule has 132 valence electrons. The van der Waals surface area contributed by atoms with Crippen LogP contribution in [0.15, 0.2) is 59.9 Å². The van der Waals surface area contributed by atoms with E-state index in [9.17, 15) is 4.79 Å². The number of benzene rings is 1. The van der Waals surface area contributed by atoms with E-state index in [1.54, 1.807) is 12.3 Å². The first-order valence-electron chi connectivity index (χ1n) is 9.27. The van der Waals surface area contributed by atoms with E-state index in [1.165, 1.54) is 17.7 Å². The van der Waals surface area contributed by atoms with Crippen LogP contribution in [0.5, 0.6) is 0 Å². The molecule has 2 aromatic heterocycles. The number of piperidine rings is 1. The second kappa shape index (κ2) is 6.25. The maximum Gasteiger partial charge on any atom is 0.251 e. The predicted octanol–water partition coefficient (Wildman–Crippen LogP) is 2.47. The summed E-state index contributed by atoms with van der Waals surface area (Å²) in [6, 6.07) is 12.5. The van der Waals surface area contributed by atoms with Crippen LogP contribution in [0.1, 0.15) is 23.6 Å². The van der Waals surface area contributed by atoms with Crippen molar-refractivity contribution in [1.29, 1.82) is 0 Å². The SMILES string of the molecule is O=c1cc(-c2ccc(Cn3ccnc3)cc2)cc2n1C[C@@H]1CNC[C@H]2C1. The van der Waals surface area contributed by atoms with Crippen molar-refractivity contribution in [3.8, 4) is 11.1 Å². The number of imidazole rings is 1. The Balaban J connectivity index is 1.47. The Bertz CT molecular complexity index is 972. The first kappa shape index (κ1) is 15.6. The Labute approximate surface area is 152 Å². The fourth-order valence-corrected chi connectivity index (χ4v) is 4.36. The molecule has 1 aromatic carbocycles. The Morgan fingerprint density at radius 2 is 2.00 bits per heavy atom. The lowest BCUT2D eigenvalue weighted by Gasteiger charge is -2.37. The summed E-state index contributed by atoms with van der Waals surface area (Å²) in [4.78, 5) is 16.8. The van der Waals surface area contributed by atoms with Gasteiger partial charge in [0, 0.05) is 49.7 Å². The van der Waals surface area contributed by atoms with E-state index in [1.807, 2.05) is 21.7 Å². The number of rotatable bonds is 3. The summed E-state index contributed by atoms with van der Waals surface area (Å²) >= 11 is 0. The van der Waals surface area contributed by atoms with Gasteiger partial charge in [-0.25, -0.2) is 4.98 Å². The van der Waals surface area contributed by atoms with Gasteiger partial charge in [-0.3, -0.25) is 4.79 Å².